The van der Waals surface area contributed by atoms with E-state index in [0.29, 0.717) is 11.7 Å². The van der Waals surface area contributed by atoms with Crippen LogP contribution in [0, 0.1) is 5.92 Å². The Hall–Kier alpha value is -1.66. The number of anilines is 1. The first kappa shape index (κ1) is 11.4. The van der Waals surface area contributed by atoms with Crippen LogP contribution >= 0.6 is 0 Å². The summed E-state index contributed by atoms with van der Waals surface area (Å²) in [6.45, 7) is 2.14. The Morgan fingerprint density at radius 1 is 1.56 bits per heavy atom. The molecule has 6 heteroatoms. The monoisotopic (exact) mass is 248 g/mol. The van der Waals surface area contributed by atoms with Crippen molar-refractivity contribution >= 4 is 11.3 Å². The fourth-order valence-corrected chi connectivity index (χ4v) is 2.52. The van der Waals surface area contributed by atoms with Crippen molar-refractivity contribution in [3.63, 3.8) is 0 Å². The molecule has 1 aliphatic heterocycles. The summed E-state index contributed by atoms with van der Waals surface area (Å²) >= 11 is 0. The first-order valence-corrected chi connectivity index (χ1v) is 6.05. The Bertz CT molecular complexity index is 568. The first-order valence-electron chi connectivity index (χ1n) is 6.05. The van der Waals surface area contributed by atoms with Crippen LogP contribution in [0.3, 0.4) is 0 Å². The quantitative estimate of drug-likeness (QED) is 0.820. The van der Waals surface area contributed by atoms with Crippen LogP contribution < -0.4 is 5.73 Å². The molecule has 3 rings (SSSR count). The van der Waals surface area contributed by atoms with E-state index in [-0.39, 0.29) is 18.8 Å². The van der Waals surface area contributed by atoms with Gasteiger partial charge in [-0.1, -0.05) is 6.92 Å². The third kappa shape index (κ3) is 1.65. The molecule has 0 amide bonds. The van der Waals surface area contributed by atoms with Gasteiger partial charge in [0.15, 0.2) is 5.82 Å². The molecule has 2 aromatic heterocycles. The summed E-state index contributed by atoms with van der Waals surface area (Å²) in [6, 6.07) is 3.85. The fraction of sp³-hybridized carbons (Fsp3) is 0.500. The second kappa shape index (κ2) is 4.22. The lowest BCUT2D eigenvalue weighted by molar-refractivity contribution is -0.00125. The zero-order valence-electron chi connectivity index (χ0n) is 10.2. The molecule has 0 saturated carbocycles. The molecule has 0 radical (unpaired) electrons. The summed E-state index contributed by atoms with van der Waals surface area (Å²) < 4.78 is 7.61. The molecule has 3 heterocycles. The minimum atomic E-state index is -0.0975. The fourth-order valence-electron chi connectivity index (χ4n) is 2.52. The highest BCUT2D eigenvalue weighted by Crippen LogP contribution is 2.37. The van der Waals surface area contributed by atoms with Crippen LogP contribution in [0.4, 0.5) is 5.82 Å². The van der Waals surface area contributed by atoms with E-state index in [0.717, 1.165) is 17.6 Å². The molecule has 2 aromatic rings. The van der Waals surface area contributed by atoms with E-state index in [1.54, 1.807) is 4.52 Å². The van der Waals surface area contributed by atoms with Crippen molar-refractivity contribution in [1.29, 1.82) is 0 Å². The Balaban J connectivity index is 1.99. The van der Waals surface area contributed by atoms with E-state index < -0.39 is 0 Å². The molecule has 1 saturated heterocycles. The molecule has 0 bridgehead atoms. The number of nitrogens with two attached hydrogens (primary N) is 1. The Morgan fingerprint density at radius 3 is 3.11 bits per heavy atom. The predicted octanol–water partition coefficient (Wildman–Crippen LogP) is 0.770. The maximum Gasteiger partial charge on any atom is 0.151 e. The number of fused-ring (bicyclic) bond motifs is 1. The van der Waals surface area contributed by atoms with E-state index in [1.807, 2.05) is 12.1 Å². The lowest BCUT2D eigenvalue weighted by Crippen LogP contribution is -2.17. The van der Waals surface area contributed by atoms with Crippen LogP contribution in [0.15, 0.2) is 18.5 Å². The maximum atomic E-state index is 9.23. The maximum absolute atomic E-state index is 9.23. The van der Waals surface area contributed by atoms with Crippen LogP contribution in [0.25, 0.3) is 5.52 Å². The largest absolute Gasteiger partial charge is 0.394 e. The molecule has 0 aromatic carbocycles. The molecule has 1 aliphatic rings. The standard InChI is InChI=1S/C12H16N4O2/c1-7-4-10(18-11(7)5-17)8-2-3-9-12(13)14-6-15-16(8)9/h2-3,6-7,10-11,17H,4-5H2,1H3,(H2,13,14,15)/t7-,10+,11+/m0/s1. The number of aliphatic hydroxyl groups is 1. The van der Waals surface area contributed by atoms with Crippen LogP contribution in [0.5, 0.6) is 0 Å². The third-order valence-corrected chi connectivity index (χ3v) is 3.58. The van der Waals surface area contributed by atoms with Gasteiger partial charge in [0.1, 0.15) is 17.9 Å². The molecule has 96 valence electrons. The summed E-state index contributed by atoms with van der Waals surface area (Å²) in [5.41, 5.74) is 7.54. The van der Waals surface area contributed by atoms with E-state index in [9.17, 15) is 5.11 Å². The smallest absolute Gasteiger partial charge is 0.151 e. The third-order valence-electron chi connectivity index (χ3n) is 3.58. The average molecular weight is 248 g/mol. The van der Waals surface area contributed by atoms with E-state index in [1.165, 1.54) is 6.33 Å². The number of ether oxygens (including phenoxy) is 1. The van der Waals surface area contributed by atoms with Crippen molar-refractivity contribution in [2.45, 2.75) is 25.6 Å². The normalized spacial score (nSPS) is 28.0. The number of aliphatic hydroxyl groups excluding tert-OH is 1. The van der Waals surface area contributed by atoms with Gasteiger partial charge in [-0.05, 0) is 24.5 Å². The Morgan fingerprint density at radius 2 is 2.39 bits per heavy atom. The summed E-state index contributed by atoms with van der Waals surface area (Å²) in [4.78, 5) is 3.96. The van der Waals surface area contributed by atoms with Gasteiger partial charge in [0, 0.05) is 0 Å². The summed E-state index contributed by atoms with van der Waals surface area (Å²) in [6.07, 6.45) is 2.17. The number of hydrogen-bond acceptors (Lipinski definition) is 5. The zero-order chi connectivity index (χ0) is 12.7. The van der Waals surface area contributed by atoms with Crippen LogP contribution in [0.1, 0.15) is 25.1 Å². The Labute approximate surface area is 104 Å². The number of hydrogen-bond donors (Lipinski definition) is 2. The van der Waals surface area contributed by atoms with Crippen LogP contribution in [-0.4, -0.2) is 32.4 Å². The Kier molecular flexibility index (Phi) is 2.68. The molecule has 0 spiro atoms. The highest BCUT2D eigenvalue weighted by Gasteiger charge is 2.34. The molecule has 3 atom stereocenters. The van der Waals surface area contributed by atoms with Gasteiger partial charge in [-0.2, -0.15) is 5.10 Å². The molecule has 3 N–H and O–H groups in total. The molecular weight excluding hydrogens is 232 g/mol. The van der Waals surface area contributed by atoms with Crippen molar-refractivity contribution in [2.75, 3.05) is 12.3 Å². The molecule has 0 unspecified atom stereocenters. The highest BCUT2D eigenvalue weighted by molar-refractivity contribution is 5.65. The highest BCUT2D eigenvalue weighted by atomic mass is 16.5. The first-order chi connectivity index (χ1) is 8.70. The van der Waals surface area contributed by atoms with Gasteiger partial charge in [0.05, 0.1) is 18.4 Å². The van der Waals surface area contributed by atoms with Crippen molar-refractivity contribution in [3.8, 4) is 0 Å². The molecular formula is C12H16N4O2. The van der Waals surface area contributed by atoms with E-state index in [4.69, 9.17) is 10.5 Å². The average Bonchev–Trinajstić information content (AvgIpc) is 2.93. The van der Waals surface area contributed by atoms with Crippen molar-refractivity contribution < 1.29 is 9.84 Å². The predicted molar refractivity (Wildman–Crippen MR) is 65.9 cm³/mol. The van der Waals surface area contributed by atoms with Gasteiger partial charge in [0.25, 0.3) is 0 Å². The van der Waals surface area contributed by atoms with Crippen molar-refractivity contribution in [2.24, 2.45) is 5.92 Å². The lowest BCUT2D eigenvalue weighted by atomic mass is 10.0. The van der Waals surface area contributed by atoms with Crippen molar-refractivity contribution in [3.05, 3.63) is 24.2 Å². The summed E-state index contributed by atoms with van der Waals surface area (Å²) in [7, 11) is 0. The van der Waals surface area contributed by atoms with Gasteiger partial charge in [0.2, 0.25) is 0 Å². The second-order valence-corrected chi connectivity index (χ2v) is 4.76. The minimum Gasteiger partial charge on any atom is -0.394 e. The topological polar surface area (TPSA) is 85.7 Å². The van der Waals surface area contributed by atoms with Gasteiger partial charge >= 0.3 is 0 Å². The molecule has 1 fully saturated rings. The molecule has 6 nitrogen and oxygen atoms in total. The number of rotatable bonds is 2. The van der Waals surface area contributed by atoms with E-state index in [2.05, 4.69) is 17.0 Å². The second-order valence-electron chi connectivity index (χ2n) is 4.76. The van der Waals surface area contributed by atoms with Crippen LogP contribution in [-0.2, 0) is 4.74 Å². The zero-order valence-corrected chi connectivity index (χ0v) is 10.2. The molecule has 0 aliphatic carbocycles. The van der Waals surface area contributed by atoms with Gasteiger partial charge < -0.3 is 15.6 Å². The lowest BCUT2D eigenvalue weighted by Gasteiger charge is -2.12. The van der Waals surface area contributed by atoms with Crippen molar-refractivity contribution in [1.82, 2.24) is 14.6 Å². The number of nitrogens with zero attached hydrogens (tertiary/aromatic N) is 3. The summed E-state index contributed by atoms with van der Waals surface area (Å²) in [5, 5.41) is 13.4. The van der Waals surface area contributed by atoms with Gasteiger partial charge in [-0.3, -0.25) is 0 Å². The van der Waals surface area contributed by atoms with Crippen LogP contribution in [0.2, 0.25) is 0 Å². The van der Waals surface area contributed by atoms with Gasteiger partial charge in [-0.15, -0.1) is 0 Å². The molecule has 18 heavy (non-hydrogen) atoms. The van der Waals surface area contributed by atoms with Gasteiger partial charge in [-0.25, -0.2) is 9.50 Å². The SMILES string of the molecule is C[C@H]1C[C@H](c2ccc3c(N)ncnn23)O[C@@H]1CO. The number of nitrogen functional groups attached to an aromatic ring is 1. The number of aromatic nitrogens is 3. The summed E-state index contributed by atoms with van der Waals surface area (Å²) in [5.74, 6) is 0.797. The minimum absolute atomic E-state index is 0.0473. The van der Waals surface area contributed by atoms with E-state index >= 15 is 0 Å².